The van der Waals surface area contributed by atoms with E-state index in [1.54, 1.807) is 0 Å². The van der Waals surface area contributed by atoms with Gasteiger partial charge in [-0.3, -0.25) is 0 Å². The molecule has 4 heteroatoms. The van der Waals surface area contributed by atoms with E-state index in [4.69, 9.17) is 0 Å². The van der Waals surface area contributed by atoms with Crippen LogP contribution in [0.15, 0.2) is 48.5 Å². The van der Waals surface area contributed by atoms with E-state index in [0.717, 1.165) is 21.1 Å². The Labute approximate surface area is 144 Å². The smallest absolute Gasteiger partial charge is 0.214 e. The van der Waals surface area contributed by atoms with E-state index in [-0.39, 0.29) is 0 Å². The molecule has 0 aliphatic carbocycles. The van der Waals surface area contributed by atoms with E-state index in [2.05, 4.69) is 48.5 Å². The highest BCUT2D eigenvalue weighted by molar-refractivity contribution is 6.89. The highest BCUT2D eigenvalue weighted by Crippen LogP contribution is 2.34. The monoisotopic (exact) mass is 350 g/mol. The first kappa shape index (κ1) is 15.8. The van der Waals surface area contributed by atoms with Crippen LogP contribution in [0.3, 0.4) is 0 Å². The van der Waals surface area contributed by atoms with E-state index < -0.39 is 16.6 Å². The summed E-state index contributed by atoms with van der Waals surface area (Å²) in [5.41, 5.74) is 0. The zero-order valence-electron chi connectivity index (χ0n) is 14.5. The van der Waals surface area contributed by atoms with Crippen molar-refractivity contribution in [3.8, 4) is 0 Å². The first-order chi connectivity index (χ1) is 11.2. The fraction of sp³-hybridized carbons (Fsp3) is 0.200. The van der Waals surface area contributed by atoms with E-state index in [1.807, 2.05) is 26.2 Å². The first-order valence-corrected chi connectivity index (χ1v) is 14.2. The molecule has 0 unspecified atom stereocenters. The summed E-state index contributed by atoms with van der Waals surface area (Å²) < 4.78 is 0. The highest BCUT2D eigenvalue weighted by atomic mass is 28.4. The van der Waals surface area contributed by atoms with Crippen molar-refractivity contribution in [2.24, 2.45) is 0 Å². The van der Waals surface area contributed by atoms with Crippen molar-refractivity contribution >= 4 is 59.3 Å². The minimum absolute atomic E-state index is 1.03. The van der Waals surface area contributed by atoms with Crippen molar-refractivity contribution < 1.29 is 9.59 Å². The fourth-order valence-electron chi connectivity index (χ4n) is 3.84. The maximum atomic E-state index is 10.9. The van der Waals surface area contributed by atoms with Crippen LogP contribution < -0.4 is 10.4 Å². The van der Waals surface area contributed by atoms with Crippen LogP contribution in [0.4, 0.5) is 0 Å². The Kier molecular flexibility index (Phi) is 3.22. The minimum atomic E-state index is -2.52. The molecule has 0 saturated heterocycles. The molecule has 0 aliphatic heterocycles. The molecule has 4 aromatic rings. The van der Waals surface area contributed by atoms with Gasteiger partial charge < -0.3 is 9.59 Å². The zero-order valence-corrected chi connectivity index (χ0v) is 16.5. The van der Waals surface area contributed by atoms with Crippen molar-refractivity contribution in [3.05, 3.63) is 48.5 Å². The molecular weight excluding hydrogens is 328 g/mol. The van der Waals surface area contributed by atoms with Crippen LogP contribution in [-0.4, -0.2) is 26.2 Å². The largest absolute Gasteiger partial charge is 0.428 e. The number of rotatable bonds is 2. The summed E-state index contributed by atoms with van der Waals surface area (Å²) in [6.45, 7) is 7.81. The average Bonchev–Trinajstić information content (AvgIpc) is 2.50. The van der Waals surface area contributed by atoms with Gasteiger partial charge in [-0.25, -0.2) is 0 Å². The fourth-order valence-corrected chi connectivity index (χ4v) is 6.72. The van der Waals surface area contributed by atoms with Gasteiger partial charge in [-0.2, -0.15) is 0 Å². The molecule has 0 aromatic heterocycles. The van der Waals surface area contributed by atoms with Gasteiger partial charge in [-0.05, 0) is 68.9 Å². The van der Waals surface area contributed by atoms with Gasteiger partial charge in [0.05, 0.1) is 0 Å². The Morgan fingerprint density at radius 1 is 0.625 bits per heavy atom. The summed E-state index contributed by atoms with van der Waals surface area (Å²) in [6, 6.07) is 17.0. The van der Waals surface area contributed by atoms with E-state index in [1.165, 1.54) is 21.5 Å². The summed E-state index contributed by atoms with van der Waals surface area (Å²) >= 11 is 0. The first-order valence-electron chi connectivity index (χ1n) is 8.34. The van der Waals surface area contributed by atoms with Crippen molar-refractivity contribution in [2.45, 2.75) is 26.2 Å². The normalized spacial score (nSPS) is 13.4. The van der Waals surface area contributed by atoms with Gasteiger partial charge in [-0.1, -0.05) is 48.5 Å². The molecule has 0 fully saturated rings. The van der Waals surface area contributed by atoms with Crippen LogP contribution >= 0.6 is 0 Å². The molecule has 122 valence electrons. The predicted octanol–water partition coefficient (Wildman–Crippen LogP) is 3.39. The van der Waals surface area contributed by atoms with E-state index in [9.17, 15) is 9.59 Å². The molecule has 0 saturated carbocycles. The summed E-state index contributed by atoms with van der Waals surface area (Å²) in [4.78, 5) is 21.8. The summed E-state index contributed by atoms with van der Waals surface area (Å²) in [5, 5.41) is 9.18. The van der Waals surface area contributed by atoms with Crippen LogP contribution in [0.25, 0.3) is 32.3 Å². The highest BCUT2D eigenvalue weighted by Gasteiger charge is 2.30. The van der Waals surface area contributed by atoms with Gasteiger partial charge in [0.1, 0.15) is 0 Å². The predicted molar refractivity (Wildman–Crippen MR) is 109 cm³/mol. The number of benzene rings is 4. The zero-order chi connectivity index (χ0) is 17.3. The van der Waals surface area contributed by atoms with E-state index >= 15 is 0 Å². The van der Waals surface area contributed by atoms with Crippen LogP contribution in [0.1, 0.15) is 0 Å². The lowest BCUT2D eigenvalue weighted by atomic mass is 9.94. The molecule has 0 radical (unpaired) electrons. The third-order valence-electron chi connectivity index (χ3n) is 4.96. The lowest BCUT2D eigenvalue weighted by molar-refractivity contribution is 0.568. The van der Waals surface area contributed by atoms with Gasteiger partial charge >= 0.3 is 0 Å². The second-order valence-electron chi connectivity index (χ2n) is 7.77. The van der Waals surface area contributed by atoms with Gasteiger partial charge in [-0.15, -0.1) is 0 Å². The molecule has 2 N–H and O–H groups in total. The topological polar surface area (TPSA) is 40.5 Å². The Balaban J connectivity index is 2.34. The summed E-state index contributed by atoms with van der Waals surface area (Å²) in [7, 11) is -5.05. The lowest BCUT2D eigenvalue weighted by Crippen LogP contribution is -2.49. The molecule has 0 atom stereocenters. The molecule has 0 bridgehead atoms. The van der Waals surface area contributed by atoms with Crippen molar-refractivity contribution in [3.63, 3.8) is 0 Å². The van der Waals surface area contributed by atoms with Crippen molar-refractivity contribution in [2.75, 3.05) is 0 Å². The van der Waals surface area contributed by atoms with Crippen molar-refractivity contribution in [1.82, 2.24) is 0 Å². The quantitative estimate of drug-likeness (QED) is 0.430. The third-order valence-corrected chi connectivity index (χ3v) is 8.43. The second-order valence-corrected chi connectivity index (χ2v) is 15.1. The second kappa shape index (κ2) is 4.89. The lowest BCUT2D eigenvalue weighted by Gasteiger charge is -2.26. The molecule has 4 aromatic carbocycles. The maximum absolute atomic E-state index is 10.9. The van der Waals surface area contributed by atoms with Gasteiger partial charge in [0.2, 0.25) is 16.6 Å². The minimum Gasteiger partial charge on any atom is -0.428 e. The Morgan fingerprint density at radius 2 is 1.08 bits per heavy atom. The molecule has 0 aliphatic rings. The van der Waals surface area contributed by atoms with Crippen LogP contribution in [0.5, 0.6) is 0 Å². The Bertz CT molecular complexity index is 994. The summed E-state index contributed by atoms with van der Waals surface area (Å²) in [5.74, 6) is 0. The average molecular weight is 351 g/mol. The third kappa shape index (κ3) is 2.22. The molecule has 0 amide bonds. The number of hydrogen-bond donors (Lipinski definition) is 2. The van der Waals surface area contributed by atoms with E-state index in [0.29, 0.717) is 0 Å². The molecule has 4 rings (SSSR count). The van der Waals surface area contributed by atoms with Crippen LogP contribution in [0, 0.1) is 0 Å². The summed E-state index contributed by atoms with van der Waals surface area (Å²) in [6.07, 6.45) is 0. The van der Waals surface area contributed by atoms with Crippen LogP contribution in [-0.2, 0) is 0 Å². The molecule has 2 nitrogen and oxygen atoms in total. The van der Waals surface area contributed by atoms with Crippen molar-refractivity contribution in [1.29, 1.82) is 0 Å². The molecule has 0 spiro atoms. The van der Waals surface area contributed by atoms with Gasteiger partial charge in [0.25, 0.3) is 0 Å². The molecule has 24 heavy (non-hydrogen) atoms. The maximum Gasteiger partial charge on any atom is 0.214 e. The van der Waals surface area contributed by atoms with Gasteiger partial charge in [0.15, 0.2) is 0 Å². The molecule has 0 heterocycles. The SMILES string of the molecule is C[Si](C)(O)c1cc([Si](C)(C)O)c2ccc3cccc4ccc1c2c43. The van der Waals surface area contributed by atoms with Gasteiger partial charge in [0, 0.05) is 0 Å². The Hall–Kier alpha value is -1.73. The standard InChI is InChI=1S/C20H22O2Si2/c1-23(2,21)17-12-18(24(3,4)22)16-11-9-14-7-5-6-13-8-10-15(17)20(16)19(13)14/h5-12,21-22H,1-4H3. The molecular formula is C20H22O2Si2. The van der Waals surface area contributed by atoms with Crippen LogP contribution in [0.2, 0.25) is 26.2 Å². The Morgan fingerprint density at radius 3 is 1.50 bits per heavy atom. The number of hydrogen-bond acceptors (Lipinski definition) is 2.